The van der Waals surface area contributed by atoms with Crippen molar-refractivity contribution in [1.82, 2.24) is 20.2 Å². The topological polar surface area (TPSA) is 136 Å². The monoisotopic (exact) mass is 558 g/mol. The largest absolute Gasteiger partial charge is 0.506 e. The number of carbonyl (C=O) groups is 1. The molecule has 0 bridgehead atoms. The van der Waals surface area contributed by atoms with Crippen molar-refractivity contribution in [2.45, 2.75) is 28.1 Å². The maximum absolute atomic E-state index is 14.5. The van der Waals surface area contributed by atoms with Gasteiger partial charge in [0.1, 0.15) is 11.4 Å². The smallest absolute Gasteiger partial charge is 0.460 e. The predicted molar refractivity (Wildman–Crippen MR) is 107 cm³/mol. The molecule has 37 heavy (non-hydrogen) atoms. The highest BCUT2D eigenvalue weighted by Crippen LogP contribution is 2.52. The van der Waals surface area contributed by atoms with E-state index in [0.717, 1.165) is 34.6 Å². The van der Waals surface area contributed by atoms with Crippen LogP contribution in [0, 0.1) is 15.9 Å². The summed E-state index contributed by atoms with van der Waals surface area (Å²) in [6.45, 7) is 0. The molecule has 198 valence electrons. The van der Waals surface area contributed by atoms with Gasteiger partial charge in [-0.15, -0.1) is 5.10 Å². The number of nitro groups is 1. The average Bonchev–Trinajstić information content (AvgIpc) is 3.19. The number of alkyl halides is 7. The van der Waals surface area contributed by atoms with Gasteiger partial charge >= 0.3 is 18.0 Å². The van der Waals surface area contributed by atoms with E-state index >= 15 is 0 Å². The van der Waals surface area contributed by atoms with E-state index < -0.39 is 69.0 Å². The van der Waals surface area contributed by atoms with Crippen molar-refractivity contribution in [3.8, 4) is 5.75 Å². The number of tetrazole rings is 1. The van der Waals surface area contributed by atoms with Gasteiger partial charge < -0.3 is 10.4 Å². The summed E-state index contributed by atoms with van der Waals surface area (Å²) in [6.07, 6.45) is -6.72. The van der Waals surface area contributed by atoms with Gasteiger partial charge in [0, 0.05) is 29.6 Å². The number of nitrogens with one attached hydrogen (secondary N) is 1. The Labute approximate surface area is 203 Å². The first-order valence-electron chi connectivity index (χ1n) is 9.32. The highest BCUT2D eigenvalue weighted by atomic mass is 32.2. The highest BCUT2D eigenvalue weighted by molar-refractivity contribution is 7.99. The minimum absolute atomic E-state index is 0.0335. The molecule has 1 amide bonds. The second-order valence-electron chi connectivity index (χ2n) is 7.08. The Morgan fingerprint density at radius 2 is 1.78 bits per heavy atom. The Kier molecular flexibility index (Phi) is 7.04. The third-order valence-electron chi connectivity index (χ3n) is 4.62. The van der Waals surface area contributed by atoms with Crippen LogP contribution in [-0.4, -0.2) is 48.2 Å². The predicted octanol–water partition coefficient (Wildman–Crippen LogP) is 4.66. The zero-order chi connectivity index (χ0) is 27.9. The lowest BCUT2D eigenvalue weighted by Crippen LogP contribution is -2.50. The number of hydrogen-bond acceptors (Lipinski definition) is 8. The van der Waals surface area contributed by atoms with Gasteiger partial charge in [-0.3, -0.25) is 14.9 Å². The van der Waals surface area contributed by atoms with Crippen LogP contribution in [0.5, 0.6) is 5.75 Å². The zero-order valence-corrected chi connectivity index (χ0v) is 18.5. The molecule has 0 radical (unpaired) electrons. The molecule has 0 aliphatic heterocycles. The van der Waals surface area contributed by atoms with Crippen molar-refractivity contribution >= 4 is 29.0 Å². The fourth-order valence-electron chi connectivity index (χ4n) is 2.74. The fraction of sp³-hybridized carbons (Fsp3) is 0.222. The van der Waals surface area contributed by atoms with Crippen molar-refractivity contribution in [3.63, 3.8) is 0 Å². The van der Waals surface area contributed by atoms with Crippen LogP contribution in [0.1, 0.15) is 15.9 Å². The van der Waals surface area contributed by atoms with Gasteiger partial charge in [0.05, 0.1) is 10.5 Å². The maximum Gasteiger partial charge on any atom is 0.460 e. The van der Waals surface area contributed by atoms with E-state index in [-0.39, 0.29) is 16.1 Å². The molecule has 2 N–H and O–H groups in total. The summed E-state index contributed by atoms with van der Waals surface area (Å²) in [5.41, 5.74) is -4.63. The second-order valence-corrected chi connectivity index (χ2v) is 8.09. The molecular weight excluding hydrogens is 548 g/mol. The Balaban J connectivity index is 2.01. The van der Waals surface area contributed by atoms with E-state index in [0.29, 0.717) is 0 Å². The second kappa shape index (κ2) is 9.45. The molecule has 1 aromatic heterocycles. The van der Waals surface area contributed by atoms with Crippen LogP contribution in [0.2, 0.25) is 0 Å². The van der Waals surface area contributed by atoms with Crippen molar-refractivity contribution in [2.75, 3.05) is 5.32 Å². The van der Waals surface area contributed by atoms with E-state index in [9.17, 15) is 55.1 Å². The van der Waals surface area contributed by atoms with E-state index in [1.165, 1.54) is 7.05 Å². The van der Waals surface area contributed by atoms with Crippen molar-refractivity contribution in [1.29, 1.82) is 0 Å². The molecule has 10 nitrogen and oxygen atoms in total. The van der Waals surface area contributed by atoms with Crippen LogP contribution in [0.3, 0.4) is 0 Å². The molecule has 19 heteroatoms. The number of aryl methyl sites for hydroxylation is 1. The van der Waals surface area contributed by atoms with E-state index in [1.807, 2.05) is 0 Å². The number of rotatable bonds is 7. The summed E-state index contributed by atoms with van der Waals surface area (Å²) in [5, 5.41) is 33.4. The van der Waals surface area contributed by atoms with Crippen molar-refractivity contribution in [3.05, 3.63) is 57.4 Å². The summed E-state index contributed by atoms with van der Waals surface area (Å²) in [4.78, 5) is 23.0. The summed E-state index contributed by atoms with van der Waals surface area (Å²) in [5.74, 6) is -17.6. The van der Waals surface area contributed by atoms with Gasteiger partial charge in [0.25, 0.3) is 11.6 Å². The van der Waals surface area contributed by atoms with Gasteiger partial charge in [0.15, 0.2) is 5.82 Å². The first-order valence-corrected chi connectivity index (χ1v) is 10.1. The SMILES string of the molecule is Cn1nnnc1Sc1ccc([N+](=O)[O-])cc1C(=O)Nc1c(O)cc(C(F)(F)C(F)(F)C(F)(F)F)cc1F. The minimum atomic E-state index is -6.72. The van der Waals surface area contributed by atoms with E-state index in [4.69, 9.17) is 0 Å². The quantitative estimate of drug-likeness (QED) is 0.185. The number of benzene rings is 2. The fourth-order valence-corrected chi connectivity index (χ4v) is 3.58. The van der Waals surface area contributed by atoms with Gasteiger partial charge in [-0.05, 0) is 40.4 Å². The molecule has 0 spiro atoms. The number of phenolic OH excluding ortho intramolecular Hbond substituents is 1. The molecule has 0 unspecified atom stereocenters. The van der Waals surface area contributed by atoms with Crippen molar-refractivity contribution < 1.29 is 49.9 Å². The lowest BCUT2D eigenvalue weighted by molar-refractivity contribution is -0.384. The number of halogens is 8. The Bertz CT molecular complexity index is 1360. The molecule has 2 aromatic carbocycles. The first-order chi connectivity index (χ1) is 17.0. The lowest BCUT2D eigenvalue weighted by atomic mass is 10.0. The number of hydrogen-bond donors (Lipinski definition) is 2. The van der Waals surface area contributed by atoms with Crippen LogP contribution in [-0.2, 0) is 13.0 Å². The number of amides is 1. The number of nitrogens with zero attached hydrogens (tertiary/aromatic N) is 5. The van der Waals surface area contributed by atoms with Gasteiger partial charge in [-0.2, -0.15) is 30.7 Å². The number of anilines is 1. The van der Waals surface area contributed by atoms with Crippen LogP contribution in [0.4, 0.5) is 46.5 Å². The normalized spacial score (nSPS) is 12.5. The van der Waals surface area contributed by atoms with E-state index in [1.54, 1.807) is 5.32 Å². The number of aromatic hydroxyl groups is 1. The molecule has 0 saturated carbocycles. The summed E-state index contributed by atoms with van der Waals surface area (Å²) >= 11 is 0.724. The third-order valence-corrected chi connectivity index (χ3v) is 5.73. The molecule has 0 aliphatic carbocycles. The third kappa shape index (κ3) is 5.11. The van der Waals surface area contributed by atoms with Crippen LogP contribution < -0.4 is 5.32 Å². The summed E-state index contributed by atoms with van der Waals surface area (Å²) in [6, 6.07) is 2.13. The molecule has 0 aliphatic rings. The van der Waals surface area contributed by atoms with Crippen LogP contribution in [0.25, 0.3) is 0 Å². The maximum atomic E-state index is 14.5. The summed E-state index contributed by atoms with van der Waals surface area (Å²) < 4.78 is 107. The summed E-state index contributed by atoms with van der Waals surface area (Å²) in [7, 11) is 1.42. The molecule has 0 saturated heterocycles. The molecule has 3 rings (SSSR count). The molecule has 0 fully saturated rings. The molecule has 1 heterocycles. The average molecular weight is 558 g/mol. The van der Waals surface area contributed by atoms with Crippen LogP contribution in [0.15, 0.2) is 40.4 Å². The van der Waals surface area contributed by atoms with Gasteiger partial charge in [-0.25, -0.2) is 9.07 Å². The van der Waals surface area contributed by atoms with Gasteiger partial charge in [-0.1, -0.05) is 0 Å². The molecule has 3 aromatic rings. The molecular formula is C18H10F8N6O4S. The lowest BCUT2D eigenvalue weighted by Gasteiger charge is -2.28. The highest BCUT2D eigenvalue weighted by Gasteiger charge is 2.73. The Morgan fingerprint density at radius 3 is 2.30 bits per heavy atom. The number of carbonyl (C=O) groups excluding carboxylic acids is 1. The van der Waals surface area contributed by atoms with E-state index in [2.05, 4.69) is 15.5 Å². The molecule has 0 atom stereocenters. The van der Waals surface area contributed by atoms with Crippen molar-refractivity contribution in [2.24, 2.45) is 7.05 Å². The Morgan fingerprint density at radius 1 is 1.14 bits per heavy atom. The Hall–Kier alpha value is -4.03. The number of aromatic nitrogens is 4. The van der Waals surface area contributed by atoms with Gasteiger partial charge in [0.2, 0.25) is 5.16 Å². The first kappa shape index (κ1) is 27.6. The number of non-ortho nitro benzene ring substituents is 1. The van der Waals surface area contributed by atoms with Crippen LogP contribution >= 0.6 is 11.8 Å². The number of nitro benzene ring substituents is 1. The zero-order valence-electron chi connectivity index (χ0n) is 17.7. The standard InChI is InChI=1S/C18H10F8N6O4S/c1-31-15(28-29-30-31)37-12-3-2-8(32(35)36)6-9(12)14(34)27-13-10(19)4-7(5-11(13)33)16(20,21)17(22,23)18(24,25)26/h2-6,33H,1H3,(H,27,34). The number of phenols is 1. The minimum Gasteiger partial charge on any atom is -0.506 e.